The average molecular weight is 366 g/mol. The Labute approximate surface area is 152 Å². The highest BCUT2D eigenvalue weighted by atomic mass is 32.1. The molecule has 0 saturated heterocycles. The Balaban J connectivity index is 1.82. The van der Waals surface area contributed by atoms with Crippen LogP contribution in [0.25, 0.3) is 20.8 Å². The normalized spacial score (nSPS) is 10.9. The van der Waals surface area contributed by atoms with E-state index in [1.165, 1.54) is 11.3 Å². The largest absolute Gasteiger partial charge is 0.496 e. The summed E-state index contributed by atoms with van der Waals surface area (Å²) in [6.07, 6.45) is 0. The monoisotopic (exact) mass is 366 g/mol. The molecular formula is C19H14N2O2S2. The van der Waals surface area contributed by atoms with Crippen molar-refractivity contribution in [3.8, 4) is 16.3 Å². The number of hydrogen-bond donors (Lipinski definition) is 1. The number of anilines is 1. The second kappa shape index (κ2) is 6.31. The smallest absolute Gasteiger partial charge is 0.208 e. The molecule has 4 aromatic rings. The SMILES string of the molecule is COc1ccccc1C(=O)c1sc2nc(-c3cccs3)ccc2c1N. The van der Waals surface area contributed by atoms with E-state index < -0.39 is 0 Å². The quantitative estimate of drug-likeness (QED) is 0.525. The van der Waals surface area contributed by atoms with E-state index in [4.69, 9.17) is 10.5 Å². The number of fused-ring (bicyclic) bond motifs is 1. The zero-order valence-electron chi connectivity index (χ0n) is 13.4. The lowest BCUT2D eigenvalue weighted by Crippen LogP contribution is -2.04. The number of aromatic nitrogens is 1. The first-order chi connectivity index (χ1) is 12.2. The Kier molecular flexibility index (Phi) is 3.99. The number of para-hydroxylation sites is 1. The number of carbonyl (C=O) groups excluding carboxylic acids is 1. The highest BCUT2D eigenvalue weighted by Crippen LogP contribution is 2.37. The van der Waals surface area contributed by atoms with Crippen LogP contribution in [-0.2, 0) is 0 Å². The van der Waals surface area contributed by atoms with Crippen molar-refractivity contribution in [2.75, 3.05) is 12.8 Å². The van der Waals surface area contributed by atoms with Gasteiger partial charge in [-0.05, 0) is 35.7 Å². The predicted molar refractivity (Wildman–Crippen MR) is 104 cm³/mol. The first-order valence-corrected chi connectivity index (χ1v) is 9.29. The van der Waals surface area contributed by atoms with Gasteiger partial charge in [-0.1, -0.05) is 18.2 Å². The molecule has 0 spiro atoms. The molecule has 0 fully saturated rings. The van der Waals surface area contributed by atoms with Crippen LogP contribution in [0.5, 0.6) is 5.75 Å². The fourth-order valence-electron chi connectivity index (χ4n) is 2.68. The van der Waals surface area contributed by atoms with Crippen molar-refractivity contribution >= 4 is 44.4 Å². The molecule has 3 heterocycles. The topological polar surface area (TPSA) is 65.2 Å². The third kappa shape index (κ3) is 2.69. The van der Waals surface area contributed by atoms with E-state index in [-0.39, 0.29) is 5.78 Å². The van der Waals surface area contributed by atoms with Gasteiger partial charge in [0.1, 0.15) is 15.5 Å². The van der Waals surface area contributed by atoms with E-state index in [1.54, 1.807) is 30.6 Å². The van der Waals surface area contributed by atoms with Crippen molar-refractivity contribution in [2.24, 2.45) is 0 Å². The minimum Gasteiger partial charge on any atom is -0.496 e. The lowest BCUT2D eigenvalue weighted by Gasteiger charge is -2.06. The van der Waals surface area contributed by atoms with Crippen molar-refractivity contribution in [3.05, 3.63) is 64.4 Å². The lowest BCUT2D eigenvalue weighted by molar-refractivity contribution is 0.104. The highest BCUT2D eigenvalue weighted by Gasteiger charge is 2.21. The molecule has 0 atom stereocenters. The number of rotatable bonds is 4. The summed E-state index contributed by atoms with van der Waals surface area (Å²) in [5, 5.41) is 2.82. The van der Waals surface area contributed by atoms with Crippen molar-refractivity contribution in [1.29, 1.82) is 0 Å². The molecule has 0 unspecified atom stereocenters. The first-order valence-electron chi connectivity index (χ1n) is 7.59. The summed E-state index contributed by atoms with van der Waals surface area (Å²) >= 11 is 2.95. The Morgan fingerprint density at radius 3 is 2.72 bits per heavy atom. The number of methoxy groups -OCH3 is 1. The minimum atomic E-state index is -0.143. The molecule has 3 aromatic heterocycles. The summed E-state index contributed by atoms with van der Waals surface area (Å²) < 4.78 is 5.30. The maximum atomic E-state index is 13.0. The fourth-order valence-corrected chi connectivity index (χ4v) is 4.43. The maximum Gasteiger partial charge on any atom is 0.208 e. The van der Waals surface area contributed by atoms with Crippen molar-refractivity contribution < 1.29 is 9.53 Å². The van der Waals surface area contributed by atoms with Crippen LogP contribution in [0.2, 0.25) is 0 Å². The minimum absolute atomic E-state index is 0.143. The molecule has 124 valence electrons. The molecule has 0 aliphatic heterocycles. The van der Waals surface area contributed by atoms with Crippen LogP contribution in [0, 0.1) is 0 Å². The molecule has 0 saturated carbocycles. The molecule has 0 radical (unpaired) electrons. The molecule has 1 aromatic carbocycles. The van der Waals surface area contributed by atoms with E-state index in [1.807, 2.05) is 41.8 Å². The van der Waals surface area contributed by atoms with E-state index in [2.05, 4.69) is 4.98 Å². The lowest BCUT2D eigenvalue weighted by atomic mass is 10.1. The average Bonchev–Trinajstić information content (AvgIpc) is 3.29. The summed E-state index contributed by atoms with van der Waals surface area (Å²) in [5.74, 6) is 0.396. The van der Waals surface area contributed by atoms with Gasteiger partial charge in [0, 0.05) is 5.39 Å². The van der Waals surface area contributed by atoms with Gasteiger partial charge in [0.15, 0.2) is 0 Å². The second-order valence-corrected chi connectivity index (χ2v) is 7.35. The number of nitrogen functional groups attached to an aromatic ring is 1. The molecule has 4 nitrogen and oxygen atoms in total. The number of nitrogens with two attached hydrogens (primary N) is 1. The number of nitrogens with zero attached hydrogens (tertiary/aromatic N) is 1. The van der Waals surface area contributed by atoms with Crippen LogP contribution < -0.4 is 10.5 Å². The van der Waals surface area contributed by atoms with E-state index >= 15 is 0 Å². The Morgan fingerprint density at radius 1 is 1.12 bits per heavy atom. The number of hydrogen-bond acceptors (Lipinski definition) is 6. The number of carbonyl (C=O) groups is 1. The molecule has 0 aliphatic carbocycles. The van der Waals surface area contributed by atoms with E-state index in [0.29, 0.717) is 21.9 Å². The molecule has 6 heteroatoms. The molecule has 25 heavy (non-hydrogen) atoms. The van der Waals surface area contributed by atoms with Crippen molar-refractivity contribution in [1.82, 2.24) is 4.98 Å². The van der Waals surface area contributed by atoms with Crippen LogP contribution in [0.3, 0.4) is 0 Å². The van der Waals surface area contributed by atoms with Crippen molar-refractivity contribution in [2.45, 2.75) is 0 Å². The number of benzene rings is 1. The van der Waals surface area contributed by atoms with Gasteiger partial charge in [0.2, 0.25) is 5.78 Å². The summed E-state index contributed by atoms with van der Waals surface area (Å²) in [6.45, 7) is 0. The van der Waals surface area contributed by atoms with Crippen molar-refractivity contribution in [3.63, 3.8) is 0 Å². The molecule has 4 rings (SSSR count). The van der Waals surface area contributed by atoms with Gasteiger partial charge in [-0.15, -0.1) is 22.7 Å². The van der Waals surface area contributed by atoms with Gasteiger partial charge in [-0.25, -0.2) is 4.98 Å². The molecule has 2 N–H and O–H groups in total. The van der Waals surface area contributed by atoms with Crippen LogP contribution in [0.4, 0.5) is 5.69 Å². The van der Waals surface area contributed by atoms with Gasteiger partial charge in [0.25, 0.3) is 0 Å². The van der Waals surface area contributed by atoms with E-state index in [9.17, 15) is 4.79 Å². The summed E-state index contributed by atoms with van der Waals surface area (Å²) in [6, 6.07) is 15.0. The van der Waals surface area contributed by atoms with Crippen LogP contribution in [0.15, 0.2) is 53.9 Å². The van der Waals surface area contributed by atoms with Gasteiger partial charge in [-0.2, -0.15) is 0 Å². The van der Waals surface area contributed by atoms with Gasteiger partial charge < -0.3 is 10.5 Å². The number of thiophene rings is 2. The Hall–Kier alpha value is -2.70. The highest BCUT2D eigenvalue weighted by molar-refractivity contribution is 7.21. The molecule has 0 aliphatic rings. The Morgan fingerprint density at radius 2 is 1.96 bits per heavy atom. The molecule has 0 amide bonds. The zero-order chi connectivity index (χ0) is 17.4. The van der Waals surface area contributed by atoms with Crippen LogP contribution in [-0.4, -0.2) is 17.9 Å². The van der Waals surface area contributed by atoms with E-state index in [0.717, 1.165) is 20.8 Å². The maximum absolute atomic E-state index is 13.0. The fraction of sp³-hybridized carbons (Fsp3) is 0.0526. The standard InChI is InChI=1S/C19H14N2O2S2/c1-23-14-6-3-2-5-11(14)17(22)18-16(20)12-8-9-13(21-19(12)25-18)15-7-4-10-24-15/h2-10H,20H2,1H3. The summed E-state index contributed by atoms with van der Waals surface area (Å²) in [4.78, 5) is 20.0. The van der Waals surface area contributed by atoms with Crippen LogP contribution >= 0.6 is 22.7 Å². The van der Waals surface area contributed by atoms with Gasteiger partial charge in [0.05, 0.1) is 28.9 Å². The van der Waals surface area contributed by atoms with Gasteiger partial charge >= 0.3 is 0 Å². The molecular weight excluding hydrogens is 352 g/mol. The summed E-state index contributed by atoms with van der Waals surface area (Å²) in [7, 11) is 1.55. The number of ketones is 1. The Bertz CT molecular complexity index is 1070. The third-order valence-corrected chi connectivity index (χ3v) is 5.93. The summed E-state index contributed by atoms with van der Waals surface area (Å²) in [5.41, 5.74) is 8.11. The first kappa shape index (κ1) is 15.8. The number of pyridine rings is 1. The third-order valence-electron chi connectivity index (χ3n) is 3.93. The van der Waals surface area contributed by atoms with Crippen LogP contribution in [0.1, 0.15) is 15.2 Å². The predicted octanol–water partition coefficient (Wildman–Crippen LogP) is 4.85. The molecule has 0 bridgehead atoms. The zero-order valence-corrected chi connectivity index (χ0v) is 15.0. The van der Waals surface area contributed by atoms with Gasteiger partial charge in [-0.3, -0.25) is 4.79 Å². The second-order valence-electron chi connectivity index (χ2n) is 5.40. The number of ether oxygens (including phenoxy) is 1.